The molecule has 0 amide bonds. The predicted octanol–water partition coefficient (Wildman–Crippen LogP) is 3.94. The lowest BCUT2D eigenvalue weighted by Gasteiger charge is -2.38. The largest absolute Gasteiger partial charge is 0.311 e. The third-order valence-corrected chi connectivity index (χ3v) is 5.97. The van der Waals surface area contributed by atoms with E-state index in [1.807, 2.05) is 18.2 Å². The fourth-order valence-corrected chi connectivity index (χ4v) is 4.49. The Labute approximate surface area is 122 Å². The molecule has 2 rings (SSSR count). The zero-order valence-corrected chi connectivity index (χ0v) is 13.6. The Morgan fingerprint density at radius 3 is 2.50 bits per heavy atom. The quantitative estimate of drug-likeness (QED) is 0.856. The number of rotatable bonds is 4. The Hall–Kier alpha value is -0.630. The van der Waals surface area contributed by atoms with Crippen LogP contribution in [0.2, 0.25) is 0 Å². The monoisotopic (exact) mass is 295 g/mol. The number of hydrogen-bond donors (Lipinski definition) is 1. The molecule has 0 heterocycles. The third-order valence-electron chi connectivity index (χ3n) is 4.37. The zero-order valence-electron chi connectivity index (χ0n) is 12.7. The average Bonchev–Trinajstić information content (AvgIpc) is 2.39. The summed E-state index contributed by atoms with van der Waals surface area (Å²) in [7, 11) is -3.22. The van der Waals surface area contributed by atoms with Gasteiger partial charge in [-0.25, -0.2) is 0 Å². The fraction of sp³-hybridized carbons (Fsp3) is 0.625. The molecule has 0 unspecified atom stereocenters. The van der Waals surface area contributed by atoms with Crippen LogP contribution in [-0.2, 0) is 9.09 Å². The lowest BCUT2D eigenvalue weighted by molar-refractivity contribution is 0.0498. The van der Waals surface area contributed by atoms with Crippen molar-refractivity contribution in [1.82, 2.24) is 0 Å². The van der Waals surface area contributed by atoms with Gasteiger partial charge in [0.25, 0.3) is 7.52 Å². The summed E-state index contributed by atoms with van der Waals surface area (Å²) in [5, 5.41) is 0.612. The Morgan fingerprint density at radius 1 is 1.25 bits per heavy atom. The van der Waals surface area contributed by atoms with E-state index in [2.05, 4.69) is 20.8 Å². The minimum Gasteiger partial charge on any atom is -0.311 e. The minimum absolute atomic E-state index is 0.00906. The SMILES string of the molecule is CC(C)[C@H]1CC[C@H](C)C[C@H]1O[P@@](N)(=O)c1ccccc1. The molecule has 1 aromatic rings. The van der Waals surface area contributed by atoms with Crippen LogP contribution < -0.4 is 10.8 Å². The Balaban J connectivity index is 2.15. The average molecular weight is 295 g/mol. The van der Waals surface area contributed by atoms with E-state index in [9.17, 15) is 4.57 Å². The van der Waals surface area contributed by atoms with E-state index in [4.69, 9.17) is 10.0 Å². The third kappa shape index (κ3) is 3.72. The molecule has 20 heavy (non-hydrogen) atoms. The van der Waals surface area contributed by atoms with E-state index >= 15 is 0 Å². The van der Waals surface area contributed by atoms with Crippen molar-refractivity contribution in [2.24, 2.45) is 23.3 Å². The van der Waals surface area contributed by atoms with Gasteiger partial charge in [0.2, 0.25) is 0 Å². The van der Waals surface area contributed by atoms with Gasteiger partial charge >= 0.3 is 0 Å². The molecule has 2 N–H and O–H groups in total. The fourth-order valence-electron chi connectivity index (χ4n) is 3.13. The Kier molecular flexibility index (Phi) is 5.06. The molecule has 1 aliphatic carbocycles. The van der Waals surface area contributed by atoms with Gasteiger partial charge in [-0.2, -0.15) is 0 Å². The van der Waals surface area contributed by atoms with Crippen molar-refractivity contribution < 1.29 is 9.09 Å². The van der Waals surface area contributed by atoms with Crippen molar-refractivity contribution in [3.63, 3.8) is 0 Å². The van der Waals surface area contributed by atoms with Gasteiger partial charge in [0.05, 0.1) is 11.4 Å². The second-order valence-electron chi connectivity index (χ2n) is 6.40. The van der Waals surface area contributed by atoms with E-state index in [-0.39, 0.29) is 6.10 Å². The molecule has 1 aromatic carbocycles. The van der Waals surface area contributed by atoms with Crippen molar-refractivity contribution in [3.8, 4) is 0 Å². The normalized spacial score (nSPS) is 30.1. The van der Waals surface area contributed by atoms with Crippen molar-refractivity contribution in [3.05, 3.63) is 30.3 Å². The van der Waals surface area contributed by atoms with Gasteiger partial charge in [-0.15, -0.1) is 0 Å². The van der Waals surface area contributed by atoms with Gasteiger partial charge in [-0.05, 0) is 42.7 Å². The van der Waals surface area contributed by atoms with Crippen LogP contribution in [0.3, 0.4) is 0 Å². The zero-order chi connectivity index (χ0) is 14.8. The van der Waals surface area contributed by atoms with Gasteiger partial charge in [0.15, 0.2) is 0 Å². The topological polar surface area (TPSA) is 52.3 Å². The Morgan fingerprint density at radius 2 is 1.90 bits per heavy atom. The molecule has 0 aliphatic heterocycles. The molecule has 1 aliphatic rings. The summed E-state index contributed by atoms with van der Waals surface area (Å²) in [4.78, 5) is 0. The number of benzene rings is 1. The maximum absolute atomic E-state index is 12.7. The standard InChI is InChI=1S/C16H26NO2P/c1-12(2)15-10-9-13(3)11-16(15)19-20(17,18)14-7-5-4-6-8-14/h4-8,12-13,15-16H,9-11H2,1-3H3,(H2,17,18)/t13-,15+,16+,20-/m0/s1. The van der Waals surface area contributed by atoms with E-state index in [1.54, 1.807) is 12.1 Å². The minimum atomic E-state index is -3.22. The summed E-state index contributed by atoms with van der Waals surface area (Å²) in [5.41, 5.74) is 6.01. The Bertz CT molecular complexity index is 475. The molecule has 1 fully saturated rings. The molecule has 4 heteroatoms. The summed E-state index contributed by atoms with van der Waals surface area (Å²) >= 11 is 0. The van der Waals surface area contributed by atoms with Gasteiger partial charge < -0.3 is 4.52 Å². The predicted molar refractivity (Wildman–Crippen MR) is 84.1 cm³/mol. The van der Waals surface area contributed by atoms with E-state index in [0.29, 0.717) is 23.1 Å². The van der Waals surface area contributed by atoms with Crippen LogP contribution in [0.15, 0.2) is 30.3 Å². The number of nitrogens with two attached hydrogens (primary N) is 1. The highest BCUT2D eigenvalue weighted by Crippen LogP contribution is 2.45. The van der Waals surface area contributed by atoms with Crippen LogP contribution in [0, 0.1) is 17.8 Å². The molecule has 0 radical (unpaired) electrons. The highest BCUT2D eigenvalue weighted by Gasteiger charge is 2.36. The highest BCUT2D eigenvalue weighted by molar-refractivity contribution is 7.64. The molecular weight excluding hydrogens is 269 g/mol. The lowest BCUT2D eigenvalue weighted by atomic mass is 9.75. The first-order valence-corrected chi connectivity index (χ1v) is 9.22. The lowest BCUT2D eigenvalue weighted by Crippen LogP contribution is -2.35. The summed E-state index contributed by atoms with van der Waals surface area (Å²) in [6.45, 7) is 6.65. The van der Waals surface area contributed by atoms with E-state index in [1.165, 1.54) is 6.42 Å². The summed E-state index contributed by atoms with van der Waals surface area (Å²) in [6, 6.07) is 9.17. The molecule has 0 spiro atoms. The van der Waals surface area contributed by atoms with E-state index in [0.717, 1.165) is 12.8 Å². The van der Waals surface area contributed by atoms with Gasteiger partial charge in [0.1, 0.15) is 0 Å². The maximum Gasteiger partial charge on any atom is 0.297 e. The van der Waals surface area contributed by atoms with Gasteiger partial charge in [-0.3, -0.25) is 10.1 Å². The van der Waals surface area contributed by atoms with Crippen LogP contribution >= 0.6 is 7.52 Å². The molecule has 3 nitrogen and oxygen atoms in total. The van der Waals surface area contributed by atoms with Gasteiger partial charge in [-0.1, -0.05) is 45.4 Å². The molecule has 112 valence electrons. The second-order valence-corrected chi connectivity index (χ2v) is 8.32. The van der Waals surface area contributed by atoms with Gasteiger partial charge in [0, 0.05) is 0 Å². The second kappa shape index (κ2) is 6.43. The molecule has 0 bridgehead atoms. The van der Waals surface area contributed by atoms with Crippen LogP contribution in [0.1, 0.15) is 40.0 Å². The molecule has 0 aromatic heterocycles. The van der Waals surface area contributed by atoms with Crippen molar-refractivity contribution in [2.45, 2.75) is 46.1 Å². The summed E-state index contributed by atoms with van der Waals surface area (Å²) < 4.78 is 18.7. The first kappa shape index (κ1) is 15.8. The van der Waals surface area contributed by atoms with Crippen LogP contribution in [0.25, 0.3) is 0 Å². The van der Waals surface area contributed by atoms with Crippen molar-refractivity contribution in [2.75, 3.05) is 0 Å². The van der Waals surface area contributed by atoms with E-state index < -0.39 is 7.52 Å². The van der Waals surface area contributed by atoms with Crippen LogP contribution in [0.4, 0.5) is 0 Å². The first-order chi connectivity index (χ1) is 9.40. The van der Waals surface area contributed by atoms with Crippen LogP contribution in [0.5, 0.6) is 0 Å². The number of hydrogen-bond acceptors (Lipinski definition) is 2. The molecule has 1 saturated carbocycles. The smallest absolute Gasteiger partial charge is 0.297 e. The molecular formula is C16H26NO2P. The molecule has 4 atom stereocenters. The van der Waals surface area contributed by atoms with Crippen molar-refractivity contribution in [1.29, 1.82) is 0 Å². The first-order valence-electron chi connectivity index (χ1n) is 7.53. The maximum atomic E-state index is 12.7. The van der Waals surface area contributed by atoms with Crippen molar-refractivity contribution >= 4 is 12.8 Å². The summed E-state index contributed by atoms with van der Waals surface area (Å²) in [5.74, 6) is 1.60. The summed E-state index contributed by atoms with van der Waals surface area (Å²) in [6.07, 6.45) is 3.33. The highest BCUT2D eigenvalue weighted by atomic mass is 31.2. The molecule has 0 saturated heterocycles. The van der Waals surface area contributed by atoms with Crippen LogP contribution in [-0.4, -0.2) is 6.10 Å².